The zero-order valence-corrected chi connectivity index (χ0v) is 19.2. The summed E-state index contributed by atoms with van der Waals surface area (Å²) in [6, 6.07) is 8.57. The molecule has 0 atom stereocenters. The zero-order valence-electron chi connectivity index (χ0n) is 17.6. The van der Waals surface area contributed by atoms with Crippen molar-refractivity contribution in [3.63, 3.8) is 0 Å². The lowest BCUT2D eigenvalue weighted by molar-refractivity contribution is 0.368. The Kier molecular flexibility index (Phi) is 5.51. The van der Waals surface area contributed by atoms with Gasteiger partial charge in [0.2, 0.25) is 10.0 Å². The molecule has 32 heavy (non-hydrogen) atoms. The molecule has 3 aromatic rings. The van der Waals surface area contributed by atoms with Crippen LogP contribution in [0.3, 0.4) is 0 Å². The summed E-state index contributed by atoms with van der Waals surface area (Å²) in [5, 5.41) is 9.40. The molecule has 1 fully saturated rings. The predicted molar refractivity (Wildman–Crippen MR) is 119 cm³/mol. The maximum absolute atomic E-state index is 14.2. The maximum Gasteiger partial charge on any atom is 0.211 e. The van der Waals surface area contributed by atoms with Gasteiger partial charge in [0, 0.05) is 29.6 Å². The highest BCUT2D eigenvalue weighted by atomic mass is 35.5. The first-order valence-electron chi connectivity index (χ1n) is 10.6. The van der Waals surface area contributed by atoms with Crippen LogP contribution in [-0.2, 0) is 23.1 Å². The van der Waals surface area contributed by atoms with Crippen molar-refractivity contribution in [1.82, 2.24) is 24.1 Å². The molecule has 10 heteroatoms. The van der Waals surface area contributed by atoms with Gasteiger partial charge in [0.25, 0.3) is 0 Å². The van der Waals surface area contributed by atoms with E-state index in [2.05, 4.69) is 15.2 Å². The smallest absolute Gasteiger partial charge is 0.211 e. The number of halogens is 2. The second kappa shape index (κ2) is 8.20. The SMILES string of the molecule is CS(=O)(=O)N1Cc2cc(Cl)ccc2-n2c(nnc2C2CCC(c3ncccc3F)CC2)C1. The van der Waals surface area contributed by atoms with Crippen LogP contribution < -0.4 is 0 Å². The second-order valence-corrected chi connectivity index (χ2v) is 11.0. The standard InChI is InChI=1S/C22H23ClFN5O2S/c1-32(30,31)28-12-16-11-17(23)8-9-19(16)29-20(13-28)26-27-22(29)15-6-4-14(5-7-15)21-18(24)3-2-10-25-21/h2-3,8-11,14-15H,4-7,12-13H2,1H3. The molecule has 1 aliphatic heterocycles. The van der Waals surface area contributed by atoms with Crippen molar-refractivity contribution in [2.45, 2.75) is 50.6 Å². The van der Waals surface area contributed by atoms with E-state index in [0.29, 0.717) is 16.5 Å². The number of fused-ring (bicyclic) bond motifs is 3. The second-order valence-electron chi connectivity index (χ2n) is 8.53. The van der Waals surface area contributed by atoms with E-state index in [1.807, 2.05) is 10.6 Å². The Balaban J connectivity index is 1.48. The lowest BCUT2D eigenvalue weighted by atomic mass is 9.79. The van der Waals surface area contributed by atoms with E-state index in [1.54, 1.807) is 24.4 Å². The predicted octanol–water partition coefficient (Wildman–Crippen LogP) is 4.17. The molecule has 0 N–H and O–H groups in total. The van der Waals surface area contributed by atoms with Gasteiger partial charge in [-0.25, -0.2) is 12.8 Å². The molecule has 7 nitrogen and oxygen atoms in total. The molecular formula is C22H23ClFN5O2S. The van der Waals surface area contributed by atoms with Crippen LogP contribution in [0, 0.1) is 5.82 Å². The van der Waals surface area contributed by atoms with Gasteiger partial charge in [-0.2, -0.15) is 4.31 Å². The molecule has 0 amide bonds. The molecule has 0 radical (unpaired) electrons. The highest BCUT2D eigenvalue weighted by Crippen LogP contribution is 2.41. The summed E-state index contributed by atoms with van der Waals surface area (Å²) in [6.07, 6.45) is 6.11. The van der Waals surface area contributed by atoms with Gasteiger partial charge in [-0.15, -0.1) is 10.2 Å². The van der Waals surface area contributed by atoms with E-state index in [9.17, 15) is 12.8 Å². The van der Waals surface area contributed by atoms with Gasteiger partial charge in [-0.05, 0) is 61.6 Å². The van der Waals surface area contributed by atoms with Crippen LogP contribution in [0.4, 0.5) is 4.39 Å². The third-order valence-electron chi connectivity index (χ3n) is 6.44. The molecule has 2 aromatic heterocycles. The van der Waals surface area contributed by atoms with Gasteiger partial charge >= 0.3 is 0 Å². The Morgan fingerprint density at radius 1 is 1.06 bits per heavy atom. The van der Waals surface area contributed by atoms with Crippen LogP contribution in [0.25, 0.3) is 5.69 Å². The van der Waals surface area contributed by atoms with Gasteiger partial charge in [-0.1, -0.05) is 11.6 Å². The quantitative estimate of drug-likeness (QED) is 0.568. The lowest BCUT2D eigenvalue weighted by Crippen LogP contribution is -2.28. The Morgan fingerprint density at radius 2 is 1.81 bits per heavy atom. The molecule has 5 rings (SSSR count). The van der Waals surface area contributed by atoms with E-state index >= 15 is 0 Å². The van der Waals surface area contributed by atoms with Crippen LogP contribution in [0.2, 0.25) is 5.02 Å². The largest absolute Gasteiger partial charge is 0.281 e. The minimum Gasteiger partial charge on any atom is -0.281 e. The summed E-state index contributed by atoms with van der Waals surface area (Å²) in [6.45, 7) is 0.371. The average Bonchev–Trinajstić information content (AvgIpc) is 3.09. The maximum atomic E-state index is 14.2. The Morgan fingerprint density at radius 3 is 2.53 bits per heavy atom. The van der Waals surface area contributed by atoms with E-state index in [0.717, 1.165) is 42.8 Å². The van der Waals surface area contributed by atoms with Crippen molar-refractivity contribution in [2.75, 3.05) is 6.26 Å². The van der Waals surface area contributed by atoms with Gasteiger partial charge in [0.1, 0.15) is 11.6 Å². The fourth-order valence-corrected chi connectivity index (χ4v) is 5.74. The number of sulfonamides is 1. The van der Waals surface area contributed by atoms with Crippen molar-refractivity contribution in [3.05, 3.63) is 70.3 Å². The van der Waals surface area contributed by atoms with Crippen molar-refractivity contribution in [1.29, 1.82) is 0 Å². The number of pyridine rings is 1. The molecule has 2 aliphatic rings. The minimum absolute atomic E-state index is 0.0887. The number of benzene rings is 1. The third kappa shape index (κ3) is 3.93. The summed E-state index contributed by atoms with van der Waals surface area (Å²) >= 11 is 6.22. The summed E-state index contributed by atoms with van der Waals surface area (Å²) < 4.78 is 42.3. The molecule has 1 saturated carbocycles. The molecule has 3 heterocycles. The molecule has 168 valence electrons. The van der Waals surface area contributed by atoms with Crippen molar-refractivity contribution in [3.8, 4) is 5.69 Å². The van der Waals surface area contributed by atoms with Crippen molar-refractivity contribution >= 4 is 21.6 Å². The van der Waals surface area contributed by atoms with Crippen LogP contribution in [-0.4, -0.2) is 38.7 Å². The average molecular weight is 476 g/mol. The molecule has 1 aliphatic carbocycles. The highest BCUT2D eigenvalue weighted by Gasteiger charge is 2.33. The van der Waals surface area contributed by atoms with E-state index in [-0.39, 0.29) is 30.7 Å². The number of hydrogen-bond acceptors (Lipinski definition) is 5. The fourth-order valence-electron chi connectivity index (χ4n) is 4.82. The Hall–Kier alpha value is -2.36. The normalized spacial score (nSPS) is 21.6. The number of nitrogens with zero attached hydrogens (tertiary/aromatic N) is 5. The summed E-state index contributed by atoms with van der Waals surface area (Å²) in [7, 11) is -3.44. The number of rotatable bonds is 3. The molecule has 0 spiro atoms. The fraction of sp³-hybridized carbons (Fsp3) is 0.409. The van der Waals surface area contributed by atoms with Gasteiger partial charge < -0.3 is 0 Å². The van der Waals surface area contributed by atoms with Crippen LogP contribution in [0.5, 0.6) is 0 Å². The molecule has 0 unspecified atom stereocenters. The summed E-state index contributed by atoms with van der Waals surface area (Å²) in [4.78, 5) is 4.26. The lowest BCUT2D eigenvalue weighted by Gasteiger charge is -2.28. The first-order valence-corrected chi connectivity index (χ1v) is 12.8. The van der Waals surface area contributed by atoms with Gasteiger partial charge in [0.15, 0.2) is 5.82 Å². The number of aromatic nitrogens is 4. The number of hydrogen-bond donors (Lipinski definition) is 0. The summed E-state index contributed by atoms with van der Waals surface area (Å²) in [5.74, 6) is 1.39. The van der Waals surface area contributed by atoms with Gasteiger partial charge in [-0.3, -0.25) is 9.55 Å². The Bertz CT molecular complexity index is 1270. The molecular weight excluding hydrogens is 453 g/mol. The molecule has 0 saturated heterocycles. The zero-order chi connectivity index (χ0) is 22.5. The van der Waals surface area contributed by atoms with E-state index in [1.165, 1.54) is 16.6 Å². The Labute approximate surface area is 191 Å². The first-order chi connectivity index (χ1) is 15.3. The van der Waals surface area contributed by atoms with Crippen LogP contribution >= 0.6 is 11.6 Å². The van der Waals surface area contributed by atoms with Crippen LogP contribution in [0.15, 0.2) is 36.5 Å². The highest BCUT2D eigenvalue weighted by molar-refractivity contribution is 7.88. The topological polar surface area (TPSA) is 81.0 Å². The van der Waals surface area contributed by atoms with E-state index < -0.39 is 10.0 Å². The van der Waals surface area contributed by atoms with Gasteiger partial charge in [0.05, 0.1) is 24.2 Å². The molecule has 0 bridgehead atoms. The molecule has 1 aromatic carbocycles. The van der Waals surface area contributed by atoms with Crippen molar-refractivity contribution in [2.24, 2.45) is 0 Å². The first kappa shape index (κ1) is 21.5. The summed E-state index contributed by atoms with van der Waals surface area (Å²) in [5.41, 5.74) is 2.20. The van der Waals surface area contributed by atoms with Crippen molar-refractivity contribution < 1.29 is 12.8 Å². The monoisotopic (exact) mass is 475 g/mol. The van der Waals surface area contributed by atoms with E-state index in [4.69, 9.17) is 11.6 Å². The third-order valence-corrected chi connectivity index (χ3v) is 7.87. The van der Waals surface area contributed by atoms with Crippen LogP contribution in [0.1, 0.15) is 60.4 Å². The minimum atomic E-state index is -3.44.